The van der Waals surface area contributed by atoms with Gasteiger partial charge in [0.05, 0.1) is 0 Å². The van der Waals surface area contributed by atoms with Crippen LogP contribution in [0.1, 0.15) is 33.1 Å². The third-order valence-corrected chi connectivity index (χ3v) is 4.45. The maximum Gasteiger partial charge on any atom is 0.303 e. The van der Waals surface area contributed by atoms with Crippen LogP contribution in [0.4, 0.5) is 0 Å². The van der Waals surface area contributed by atoms with Crippen molar-refractivity contribution in [2.24, 2.45) is 17.3 Å². The highest BCUT2D eigenvalue weighted by atomic mass is 16.4. The van der Waals surface area contributed by atoms with E-state index in [1.165, 1.54) is 6.08 Å². The maximum absolute atomic E-state index is 12.5. The van der Waals surface area contributed by atoms with Gasteiger partial charge in [-0.25, -0.2) is 0 Å². The Hall–Kier alpha value is -1.71. The van der Waals surface area contributed by atoms with Crippen molar-refractivity contribution in [3.05, 3.63) is 23.8 Å². The Morgan fingerprint density at radius 1 is 1.47 bits per heavy atom. The van der Waals surface area contributed by atoms with E-state index in [9.17, 15) is 14.4 Å². The Bertz CT molecular complexity index is 500. The average molecular weight is 262 g/mol. The number of carbonyl (C=O) groups excluding carboxylic acids is 2. The second-order valence-corrected chi connectivity index (χ2v) is 5.60. The summed E-state index contributed by atoms with van der Waals surface area (Å²) < 4.78 is 0. The van der Waals surface area contributed by atoms with Crippen LogP contribution in [-0.2, 0) is 14.4 Å². The fourth-order valence-corrected chi connectivity index (χ4v) is 3.30. The summed E-state index contributed by atoms with van der Waals surface area (Å²) >= 11 is 0. The minimum Gasteiger partial charge on any atom is -0.481 e. The molecule has 0 amide bonds. The van der Waals surface area contributed by atoms with Gasteiger partial charge >= 0.3 is 5.97 Å². The topological polar surface area (TPSA) is 71.4 Å². The highest BCUT2D eigenvalue weighted by Gasteiger charge is 2.52. The van der Waals surface area contributed by atoms with Crippen LogP contribution in [-0.4, -0.2) is 22.6 Å². The summed E-state index contributed by atoms with van der Waals surface area (Å²) in [5, 5.41) is 8.81. The molecule has 0 saturated heterocycles. The van der Waals surface area contributed by atoms with Crippen molar-refractivity contribution in [3.8, 4) is 0 Å². The van der Waals surface area contributed by atoms with Crippen molar-refractivity contribution in [3.63, 3.8) is 0 Å². The Labute approximate surface area is 112 Å². The highest BCUT2D eigenvalue weighted by molar-refractivity contribution is 6.12. The summed E-state index contributed by atoms with van der Waals surface area (Å²) in [5.41, 5.74) is -0.292. The first-order chi connectivity index (χ1) is 8.87. The number of allylic oxidation sites excluding steroid dienone is 4. The lowest BCUT2D eigenvalue weighted by molar-refractivity contribution is -0.141. The highest BCUT2D eigenvalue weighted by Crippen LogP contribution is 2.48. The second-order valence-electron chi connectivity index (χ2n) is 5.60. The molecular formula is C15H18O4. The minimum atomic E-state index is -0.874. The van der Waals surface area contributed by atoms with E-state index in [1.807, 2.05) is 19.1 Å². The third-order valence-electron chi connectivity index (χ3n) is 4.45. The van der Waals surface area contributed by atoms with Crippen molar-refractivity contribution in [1.82, 2.24) is 0 Å². The number of hydrogen-bond acceptors (Lipinski definition) is 3. The molecule has 0 aromatic carbocycles. The first-order valence-corrected chi connectivity index (χ1v) is 6.52. The van der Waals surface area contributed by atoms with Crippen LogP contribution in [0.3, 0.4) is 0 Å². The summed E-state index contributed by atoms with van der Waals surface area (Å²) in [4.78, 5) is 35.3. The van der Waals surface area contributed by atoms with Gasteiger partial charge in [0.25, 0.3) is 0 Å². The van der Waals surface area contributed by atoms with Crippen LogP contribution >= 0.6 is 0 Å². The van der Waals surface area contributed by atoms with E-state index in [0.717, 1.165) is 0 Å². The van der Waals surface area contributed by atoms with Crippen molar-refractivity contribution >= 4 is 17.5 Å². The molecule has 2 rings (SSSR count). The molecule has 4 heteroatoms. The number of ketones is 2. The molecular weight excluding hydrogens is 244 g/mol. The Kier molecular flexibility index (Phi) is 3.43. The second kappa shape index (κ2) is 4.76. The molecule has 1 N–H and O–H groups in total. The number of fused-ring (bicyclic) bond motifs is 1. The number of aliphatic carboxylic acids is 1. The van der Waals surface area contributed by atoms with Gasteiger partial charge in [-0.15, -0.1) is 0 Å². The molecule has 0 unspecified atom stereocenters. The first-order valence-electron chi connectivity index (χ1n) is 6.52. The number of carbonyl (C=O) groups is 3. The first kappa shape index (κ1) is 13.7. The number of hydrogen-bond donors (Lipinski definition) is 1. The van der Waals surface area contributed by atoms with Crippen molar-refractivity contribution in [2.45, 2.75) is 33.1 Å². The van der Waals surface area contributed by atoms with Crippen LogP contribution in [0, 0.1) is 17.3 Å². The molecule has 0 spiro atoms. The fraction of sp³-hybridized carbons (Fsp3) is 0.533. The zero-order chi connectivity index (χ0) is 14.2. The van der Waals surface area contributed by atoms with E-state index in [4.69, 9.17) is 5.11 Å². The molecule has 0 aliphatic heterocycles. The normalized spacial score (nSPS) is 33.9. The lowest BCUT2D eigenvalue weighted by Crippen LogP contribution is -2.49. The number of carboxylic acids is 1. The summed E-state index contributed by atoms with van der Waals surface area (Å²) in [6.07, 6.45) is 6.21. The average Bonchev–Trinajstić information content (AvgIpc) is 2.34. The van der Waals surface area contributed by atoms with E-state index in [2.05, 4.69) is 0 Å². The van der Waals surface area contributed by atoms with Crippen molar-refractivity contribution < 1.29 is 19.5 Å². The fourth-order valence-electron chi connectivity index (χ4n) is 3.30. The molecule has 102 valence electrons. The van der Waals surface area contributed by atoms with Gasteiger partial charge in [-0.3, -0.25) is 14.4 Å². The Morgan fingerprint density at radius 3 is 2.79 bits per heavy atom. The SMILES string of the molecule is CC1=CC(=O)[C@H]2CC=C[C@H](CCC(=O)O)[C@]2(C)C1=O. The van der Waals surface area contributed by atoms with Crippen molar-refractivity contribution in [2.75, 3.05) is 0 Å². The molecule has 0 bridgehead atoms. The zero-order valence-corrected chi connectivity index (χ0v) is 11.2. The summed E-state index contributed by atoms with van der Waals surface area (Å²) in [5.74, 6) is -1.42. The van der Waals surface area contributed by atoms with Crippen LogP contribution in [0.15, 0.2) is 23.8 Å². The molecule has 0 saturated carbocycles. The molecule has 0 heterocycles. The third kappa shape index (κ3) is 2.15. The summed E-state index contributed by atoms with van der Waals surface area (Å²) in [6.45, 7) is 3.47. The van der Waals surface area contributed by atoms with E-state index in [1.54, 1.807) is 6.92 Å². The van der Waals surface area contributed by atoms with E-state index in [0.29, 0.717) is 18.4 Å². The standard InChI is InChI=1S/C15H18O4/c1-9-8-12(16)11-5-3-4-10(6-7-13(17)18)15(11,2)14(9)19/h3-4,8,10-11H,5-7H2,1-2H3,(H,17,18)/t10-,11-,15+/m1/s1. The zero-order valence-electron chi connectivity index (χ0n) is 11.2. The molecule has 0 aromatic heterocycles. The van der Waals surface area contributed by atoms with Crippen LogP contribution in [0.25, 0.3) is 0 Å². The van der Waals surface area contributed by atoms with Gasteiger partial charge in [0.2, 0.25) is 0 Å². The summed E-state index contributed by atoms with van der Waals surface area (Å²) in [7, 11) is 0. The number of Topliss-reactive ketones (excluding diaryl/α,β-unsaturated/α-hetero) is 1. The predicted molar refractivity (Wildman–Crippen MR) is 69.5 cm³/mol. The largest absolute Gasteiger partial charge is 0.481 e. The van der Waals surface area contributed by atoms with Gasteiger partial charge in [0, 0.05) is 17.8 Å². The van der Waals surface area contributed by atoms with Gasteiger partial charge in [-0.2, -0.15) is 0 Å². The molecule has 2 aliphatic rings. The predicted octanol–water partition coefficient (Wildman–Crippen LogP) is 2.15. The van der Waals surface area contributed by atoms with Crippen molar-refractivity contribution in [1.29, 1.82) is 0 Å². The summed E-state index contributed by atoms with van der Waals surface area (Å²) in [6, 6.07) is 0. The van der Waals surface area contributed by atoms with Crippen LogP contribution in [0.5, 0.6) is 0 Å². The van der Waals surface area contributed by atoms with Gasteiger partial charge in [0.15, 0.2) is 11.6 Å². The monoisotopic (exact) mass is 262 g/mol. The molecule has 4 nitrogen and oxygen atoms in total. The number of rotatable bonds is 3. The smallest absolute Gasteiger partial charge is 0.303 e. The molecule has 0 radical (unpaired) electrons. The molecule has 3 atom stereocenters. The molecule has 2 aliphatic carbocycles. The van der Waals surface area contributed by atoms with Gasteiger partial charge in [-0.05, 0) is 37.3 Å². The van der Waals surface area contributed by atoms with Gasteiger partial charge < -0.3 is 5.11 Å². The molecule has 19 heavy (non-hydrogen) atoms. The van der Waals surface area contributed by atoms with E-state index >= 15 is 0 Å². The molecule has 0 fully saturated rings. The Morgan fingerprint density at radius 2 is 2.16 bits per heavy atom. The lowest BCUT2D eigenvalue weighted by Gasteiger charge is -2.44. The quantitative estimate of drug-likeness (QED) is 0.791. The van der Waals surface area contributed by atoms with E-state index < -0.39 is 11.4 Å². The lowest BCUT2D eigenvalue weighted by atomic mass is 9.56. The van der Waals surface area contributed by atoms with Gasteiger partial charge in [-0.1, -0.05) is 19.1 Å². The van der Waals surface area contributed by atoms with E-state index in [-0.39, 0.29) is 29.8 Å². The van der Waals surface area contributed by atoms with Crippen LogP contribution < -0.4 is 0 Å². The molecule has 0 aromatic rings. The number of carboxylic acid groups (broad SMARTS) is 1. The maximum atomic E-state index is 12.5. The minimum absolute atomic E-state index is 0.00993. The van der Waals surface area contributed by atoms with Crippen LogP contribution in [0.2, 0.25) is 0 Å². The van der Waals surface area contributed by atoms with Gasteiger partial charge in [0.1, 0.15) is 0 Å². The Balaban J connectivity index is 2.36.